The van der Waals surface area contributed by atoms with E-state index in [0.717, 1.165) is 0 Å². The Labute approximate surface area is 155 Å². The standard InChI is InChI=1S/C16H19ClN6O3/c1-2-26-16(25)22-7-5-21(6-8-22)15(24)20-13-9-12(17)3-4-14(13)23-11-18-10-19-23/h3-4,9-11H,2,5-8H2,1H3,(H,20,24). The minimum absolute atomic E-state index is 0.267. The van der Waals surface area contributed by atoms with Gasteiger partial charge in [-0.3, -0.25) is 0 Å². The van der Waals surface area contributed by atoms with Crippen molar-refractivity contribution >= 4 is 29.4 Å². The second-order valence-electron chi connectivity index (χ2n) is 5.60. The number of hydrogen-bond acceptors (Lipinski definition) is 5. The third-order valence-electron chi connectivity index (χ3n) is 3.96. The smallest absolute Gasteiger partial charge is 0.409 e. The molecule has 138 valence electrons. The minimum Gasteiger partial charge on any atom is -0.450 e. The van der Waals surface area contributed by atoms with Crippen LogP contribution in [0.1, 0.15) is 6.92 Å². The van der Waals surface area contributed by atoms with E-state index in [0.29, 0.717) is 49.2 Å². The van der Waals surface area contributed by atoms with E-state index in [2.05, 4.69) is 15.4 Å². The molecule has 2 heterocycles. The fourth-order valence-electron chi connectivity index (χ4n) is 2.64. The maximum absolute atomic E-state index is 12.6. The van der Waals surface area contributed by atoms with Gasteiger partial charge in [0.05, 0.1) is 18.0 Å². The number of ether oxygens (including phenoxy) is 1. The van der Waals surface area contributed by atoms with E-state index in [9.17, 15) is 9.59 Å². The van der Waals surface area contributed by atoms with Gasteiger partial charge in [-0.25, -0.2) is 19.3 Å². The predicted octanol–water partition coefficient (Wildman–Crippen LogP) is 2.23. The van der Waals surface area contributed by atoms with Gasteiger partial charge in [0, 0.05) is 31.2 Å². The molecule has 9 nitrogen and oxygen atoms in total. The molecule has 10 heteroatoms. The number of hydrogen-bond donors (Lipinski definition) is 1. The van der Waals surface area contributed by atoms with Crippen molar-refractivity contribution in [3.8, 4) is 5.69 Å². The molecule has 0 aliphatic carbocycles. The molecule has 1 saturated heterocycles. The molecule has 0 atom stereocenters. The molecule has 0 bridgehead atoms. The lowest BCUT2D eigenvalue weighted by Crippen LogP contribution is -2.51. The number of nitrogens with zero attached hydrogens (tertiary/aromatic N) is 5. The van der Waals surface area contributed by atoms with E-state index in [1.54, 1.807) is 39.6 Å². The molecule has 26 heavy (non-hydrogen) atoms. The van der Waals surface area contributed by atoms with Gasteiger partial charge in [-0.05, 0) is 25.1 Å². The maximum atomic E-state index is 12.6. The number of carbonyl (C=O) groups excluding carboxylic acids is 2. The monoisotopic (exact) mass is 378 g/mol. The van der Waals surface area contributed by atoms with E-state index in [-0.39, 0.29) is 12.1 Å². The highest BCUT2D eigenvalue weighted by atomic mass is 35.5. The second-order valence-corrected chi connectivity index (χ2v) is 6.04. The topological polar surface area (TPSA) is 92.6 Å². The number of benzene rings is 1. The fourth-order valence-corrected chi connectivity index (χ4v) is 2.81. The molecule has 3 amide bonds. The van der Waals surface area contributed by atoms with Gasteiger partial charge in [0.1, 0.15) is 12.7 Å². The lowest BCUT2D eigenvalue weighted by atomic mass is 10.2. The van der Waals surface area contributed by atoms with Gasteiger partial charge in [0.25, 0.3) is 0 Å². The van der Waals surface area contributed by atoms with Crippen molar-refractivity contribution in [2.75, 3.05) is 38.1 Å². The average Bonchev–Trinajstić information content (AvgIpc) is 3.16. The first-order valence-electron chi connectivity index (χ1n) is 8.20. The highest BCUT2D eigenvalue weighted by Gasteiger charge is 2.25. The number of urea groups is 1. The lowest BCUT2D eigenvalue weighted by Gasteiger charge is -2.34. The van der Waals surface area contributed by atoms with Crippen LogP contribution in [0, 0.1) is 0 Å². The molecule has 0 unspecified atom stereocenters. The molecular formula is C16H19ClN6O3. The van der Waals surface area contributed by atoms with Crippen LogP contribution in [0.2, 0.25) is 5.02 Å². The number of anilines is 1. The van der Waals surface area contributed by atoms with E-state index >= 15 is 0 Å². The van der Waals surface area contributed by atoms with Crippen LogP contribution in [0.5, 0.6) is 0 Å². The number of aromatic nitrogens is 3. The summed E-state index contributed by atoms with van der Waals surface area (Å²) < 4.78 is 6.53. The van der Waals surface area contributed by atoms with Crippen LogP contribution in [-0.2, 0) is 4.74 Å². The van der Waals surface area contributed by atoms with Crippen molar-refractivity contribution in [3.63, 3.8) is 0 Å². The van der Waals surface area contributed by atoms with Crippen LogP contribution in [0.3, 0.4) is 0 Å². The number of amides is 3. The first-order valence-corrected chi connectivity index (χ1v) is 8.58. The Morgan fingerprint density at radius 3 is 2.62 bits per heavy atom. The number of carbonyl (C=O) groups is 2. The van der Waals surface area contributed by atoms with Crippen LogP contribution >= 0.6 is 11.6 Å². The normalized spacial score (nSPS) is 14.2. The van der Waals surface area contributed by atoms with Crippen molar-refractivity contribution in [1.82, 2.24) is 24.6 Å². The number of piperazine rings is 1. The molecule has 3 rings (SSSR count). The molecule has 1 fully saturated rings. The maximum Gasteiger partial charge on any atom is 0.409 e. The summed E-state index contributed by atoms with van der Waals surface area (Å²) >= 11 is 6.06. The molecule has 1 N–H and O–H groups in total. The Kier molecular flexibility index (Phi) is 5.57. The zero-order valence-electron chi connectivity index (χ0n) is 14.3. The van der Waals surface area contributed by atoms with Crippen molar-refractivity contribution in [3.05, 3.63) is 35.9 Å². The molecule has 1 aromatic heterocycles. The number of rotatable bonds is 3. The van der Waals surface area contributed by atoms with Crippen molar-refractivity contribution in [1.29, 1.82) is 0 Å². The molecule has 1 aliphatic heterocycles. The Balaban J connectivity index is 1.66. The Bertz CT molecular complexity index is 774. The molecular weight excluding hydrogens is 360 g/mol. The third kappa shape index (κ3) is 4.05. The van der Waals surface area contributed by atoms with E-state index in [1.807, 2.05) is 0 Å². The molecule has 0 saturated carbocycles. The SMILES string of the molecule is CCOC(=O)N1CCN(C(=O)Nc2cc(Cl)ccc2-n2cncn2)CC1. The lowest BCUT2D eigenvalue weighted by molar-refractivity contribution is 0.0868. The molecule has 2 aromatic rings. The van der Waals surface area contributed by atoms with Crippen molar-refractivity contribution < 1.29 is 14.3 Å². The quantitative estimate of drug-likeness (QED) is 0.884. The van der Waals surface area contributed by atoms with Gasteiger partial charge in [-0.1, -0.05) is 11.6 Å². The number of nitrogens with one attached hydrogen (secondary N) is 1. The summed E-state index contributed by atoms with van der Waals surface area (Å²) in [5.41, 5.74) is 1.19. The predicted molar refractivity (Wildman–Crippen MR) is 95.6 cm³/mol. The molecule has 0 radical (unpaired) electrons. The van der Waals surface area contributed by atoms with Crippen LogP contribution in [0.15, 0.2) is 30.9 Å². The van der Waals surface area contributed by atoms with Crippen LogP contribution in [-0.4, -0.2) is 69.5 Å². The van der Waals surface area contributed by atoms with Gasteiger partial charge in [-0.15, -0.1) is 0 Å². The third-order valence-corrected chi connectivity index (χ3v) is 4.19. The Hall–Kier alpha value is -2.81. The second kappa shape index (κ2) is 8.05. The average molecular weight is 379 g/mol. The summed E-state index contributed by atoms with van der Waals surface area (Å²) in [7, 11) is 0. The summed E-state index contributed by atoms with van der Waals surface area (Å²) in [6.45, 7) is 3.79. The van der Waals surface area contributed by atoms with Crippen molar-refractivity contribution in [2.24, 2.45) is 0 Å². The first-order chi connectivity index (χ1) is 12.6. The van der Waals surface area contributed by atoms with E-state index in [1.165, 1.54) is 12.7 Å². The molecule has 0 spiro atoms. The largest absolute Gasteiger partial charge is 0.450 e. The van der Waals surface area contributed by atoms with Crippen LogP contribution < -0.4 is 5.32 Å². The summed E-state index contributed by atoms with van der Waals surface area (Å²) in [5, 5.41) is 7.44. The van der Waals surface area contributed by atoms with Crippen molar-refractivity contribution in [2.45, 2.75) is 6.92 Å². The van der Waals surface area contributed by atoms with Gasteiger partial charge in [0.15, 0.2) is 0 Å². The summed E-state index contributed by atoms with van der Waals surface area (Å²) in [6, 6.07) is 4.86. The van der Waals surface area contributed by atoms with Gasteiger partial charge in [0.2, 0.25) is 0 Å². The van der Waals surface area contributed by atoms with Gasteiger partial charge in [-0.2, -0.15) is 5.10 Å². The highest BCUT2D eigenvalue weighted by Crippen LogP contribution is 2.24. The number of halogens is 1. The van der Waals surface area contributed by atoms with E-state index < -0.39 is 0 Å². The van der Waals surface area contributed by atoms with E-state index in [4.69, 9.17) is 16.3 Å². The Morgan fingerprint density at radius 2 is 1.96 bits per heavy atom. The zero-order valence-corrected chi connectivity index (χ0v) is 15.0. The van der Waals surface area contributed by atoms with Crippen LogP contribution in [0.25, 0.3) is 5.69 Å². The summed E-state index contributed by atoms with van der Waals surface area (Å²) in [5.74, 6) is 0. The Morgan fingerprint density at radius 1 is 1.23 bits per heavy atom. The summed E-state index contributed by atoms with van der Waals surface area (Å²) in [4.78, 5) is 31.5. The summed E-state index contributed by atoms with van der Waals surface area (Å²) in [6.07, 6.45) is 2.60. The molecule has 1 aromatic carbocycles. The molecule has 1 aliphatic rings. The highest BCUT2D eigenvalue weighted by molar-refractivity contribution is 6.31. The zero-order chi connectivity index (χ0) is 18.5. The van der Waals surface area contributed by atoms with Gasteiger partial charge >= 0.3 is 12.1 Å². The van der Waals surface area contributed by atoms with Crippen LogP contribution in [0.4, 0.5) is 15.3 Å². The minimum atomic E-state index is -0.351. The first kappa shape index (κ1) is 18.0. The van der Waals surface area contributed by atoms with Gasteiger partial charge < -0.3 is 19.9 Å². The fraction of sp³-hybridized carbons (Fsp3) is 0.375.